The fraction of sp³-hybridized carbons (Fsp3) is 0.500. The van der Waals surface area contributed by atoms with Crippen LogP contribution in [0.5, 0.6) is 0 Å². The molecule has 3 rings (SSSR count). The molecule has 0 spiro atoms. The molecule has 2 unspecified atom stereocenters. The maximum atomic E-state index is 7.64. The number of amidine groups is 1. The van der Waals surface area contributed by atoms with Crippen molar-refractivity contribution in [2.24, 2.45) is 21.8 Å². The van der Waals surface area contributed by atoms with Gasteiger partial charge in [-0.3, -0.25) is 4.99 Å². The molecule has 116 valence electrons. The second-order valence-corrected chi connectivity index (χ2v) is 6.10. The lowest BCUT2D eigenvalue weighted by Gasteiger charge is -2.20. The molecule has 0 aromatic heterocycles. The molecule has 1 heterocycles. The SMILES string of the molecule is CCC1=NC(C2C=CC3=C(CCC3/C(C=N)=C/NC)C2)=NC1. The van der Waals surface area contributed by atoms with Crippen LogP contribution in [0, 0.1) is 17.2 Å². The van der Waals surface area contributed by atoms with Gasteiger partial charge in [0.05, 0.1) is 6.54 Å². The Morgan fingerprint density at radius 2 is 2.36 bits per heavy atom. The summed E-state index contributed by atoms with van der Waals surface area (Å²) in [6.07, 6.45) is 12.2. The highest BCUT2D eigenvalue weighted by atomic mass is 15.0. The van der Waals surface area contributed by atoms with Crippen LogP contribution in [0.3, 0.4) is 0 Å². The lowest BCUT2D eigenvalue weighted by molar-refractivity contribution is 0.722. The Morgan fingerprint density at radius 1 is 1.50 bits per heavy atom. The zero-order valence-electron chi connectivity index (χ0n) is 13.4. The summed E-state index contributed by atoms with van der Waals surface area (Å²) in [5.74, 6) is 1.73. The first kappa shape index (κ1) is 14.9. The van der Waals surface area contributed by atoms with Crippen molar-refractivity contribution in [2.75, 3.05) is 13.6 Å². The van der Waals surface area contributed by atoms with Crippen LogP contribution in [0.2, 0.25) is 0 Å². The lowest BCUT2D eigenvalue weighted by atomic mass is 9.86. The molecular formula is C18H24N4. The van der Waals surface area contributed by atoms with E-state index in [0.717, 1.165) is 43.6 Å². The maximum Gasteiger partial charge on any atom is 0.130 e. The minimum atomic E-state index is 0.346. The molecule has 1 aliphatic heterocycles. The Hall–Kier alpha value is -1.97. The van der Waals surface area contributed by atoms with Crippen molar-refractivity contribution in [1.29, 1.82) is 5.41 Å². The Labute approximate surface area is 132 Å². The van der Waals surface area contributed by atoms with E-state index in [1.807, 2.05) is 13.2 Å². The fourth-order valence-corrected chi connectivity index (χ4v) is 3.60. The monoisotopic (exact) mass is 296 g/mol. The first-order chi connectivity index (χ1) is 10.8. The predicted octanol–water partition coefficient (Wildman–Crippen LogP) is 3.29. The molecule has 3 aliphatic rings. The molecule has 0 saturated heterocycles. The smallest absolute Gasteiger partial charge is 0.130 e. The first-order valence-corrected chi connectivity index (χ1v) is 8.15. The van der Waals surface area contributed by atoms with Crippen LogP contribution in [-0.4, -0.2) is 31.4 Å². The summed E-state index contributed by atoms with van der Waals surface area (Å²) in [5.41, 5.74) is 5.22. The molecule has 2 N–H and O–H groups in total. The van der Waals surface area contributed by atoms with E-state index >= 15 is 0 Å². The van der Waals surface area contributed by atoms with E-state index in [0.29, 0.717) is 11.8 Å². The molecule has 4 heteroatoms. The van der Waals surface area contributed by atoms with E-state index in [1.165, 1.54) is 23.1 Å². The summed E-state index contributed by atoms with van der Waals surface area (Å²) < 4.78 is 0. The van der Waals surface area contributed by atoms with Gasteiger partial charge in [-0.05, 0) is 36.8 Å². The van der Waals surface area contributed by atoms with Crippen LogP contribution in [-0.2, 0) is 0 Å². The highest BCUT2D eigenvalue weighted by Gasteiger charge is 2.31. The number of rotatable bonds is 5. The van der Waals surface area contributed by atoms with E-state index in [4.69, 9.17) is 5.41 Å². The molecule has 2 aliphatic carbocycles. The van der Waals surface area contributed by atoms with Crippen LogP contribution in [0.15, 0.2) is 45.1 Å². The van der Waals surface area contributed by atoms with E-state index < -0.39 is 0 Å². The Bertz CT molecular complexity index is 619. The molecule has 0 saturated carbocycles. The zero-order chi connectivity index (χ0) is 15.5. The summed E-state index contributed by atoms with van der Waals surface area (Å²) >= 11 is 0. The molecular weight excluding hydrogens is 272 g/mol. The molecule has 0 radical (unpaired) electrons. The Balaban J connectivity index is 1.76. The number of nitrogens with zero attached hydrogens (tertiary/aromatic N) is 2. The maximum absolute atomic E-state index is 7.64. The van der Waals surface area contributed by atoms with E-state index in [-0.39, 0.29) is 0 Å². The van der Waals surface area contributed by atoms with Crippen molar-refractivity contribution in [2.45, 2.75) is 32.6 Å². The highest BCUT2D eigenvalue weighted by molar-refractivity contribution is 6.05. The normalized spacial score (nSPS) is 27.6. The van der Waals surface area contributed by atoms with Gasteiger partial charge in [-0.25, -0.2) is 4.99 Å². The number of aliphatic imine (C=N–C) groups is 2. The number of hydrogen-bond donors (Lipinski definition) is 2. The van der Waals surface area contributed by atoms with Gasteiger partial charge < -0.3 is 10.7 Å². The van der Waals surface area contributed by atoms with Crippen molar-refractivity contribution in [1.82, 2.24) is 5.32 Å². The number of nitrogens with one attached hydrogen (secondary N) is 2. The van der Waals surface area contributed by atoms with Gasteiger partial charge in [-0.2, -0.15) is 0 Å². The van der Waals surface area contributed by atoms with Crippen molar-refractivity contribution >= 4 is 17.8 Å². The molecule has 22 heavy (non-hydrogen) atoms. The van der Waals surface area contributed by atoms with Crippen molar-refractivity contribution in [3.63, 3.8) is 0 Å². The largest absolute Gasteiger partial charge is 0.394 e. The number of allylic oxidation sites excluding steroid dienone is 4. The van der Waals surface area contributed by atoms with Gasteiger partial charge in [0.15, 0.2) is 0 Å². The second kappa shape index (κ2) is 6.42. The van der Waals surface area contributed by atoms with Crippen LogP contribution in [0.1, 0.15) is 32.6 Å². The molecule has 0 amide bonds. The first-order valence-electron chi connectivity index (χ1n) is 8.15. The summed E-state index contributed by atoms with van der Waals surface area (Å²) in [7, 11) is 1.89. The van der Waals surface area contributed by atoms with Gasteiger partial charge in [0.2, 0.25) is 0 Å². The summed E-state index contributed by atoms with van der Waals surface area (Å²) in [6.45, 7) is 2.93. The minimum absolute atomic E-state index is 0.346. The number of hydrogen-bond acceptors (Lipinski definition) is 4. The van der Waals surface area contributed by atoms with Crippen LogP contribution < -0.4 is 5.32 Å². The zero-order valence-corrected chi connectivity index (χ0v) is 13.4. The van der Waals surface area contributed by atoms with E-state index in [9.17, 15) is 0 Å². The Kier molecular flexibility index (Phi) is 4.36. The molecule has 0 aromatic rings. The predicted molar refractivity (Wildman–Crippen MR) is 93.0 cm³/mol. The molecule has 4 nitrogen and oxygen atoms in total. The highest BCUT2D eigenvalue weighted by Crippen LogP contribution is 2.42. The van der Waals surface area contributed by atoms with Crippen LogP contribution in [0.4, 0.5) is 0 Å². The van der Waals surface area contributed by atoms with E-state index in [2.05, 4.69) is 34.4 Å². The fourth-order valence-electron chi connectivity index (χ4n) is 3.60. The third-order valence-corrected chi connectivity index (χ3v) is 4.81. The van der Waals surface area contributed by atoms with Crippen molar-refractivity contribution in [3.05, 3.63) is 35.1 Å². The molecule has 0 aromatic carbocycles. The quantitative estimate of drug-likeness (QED) is 0.751. The second-order valence-electron chi connectivity index (χ2n) is 6.10. The van der Waals surface area contributed by atoms with E-state index in [1.54, 1.807) is 0 Å². The van der Waals surface area contributed by atoms with Gasteiger partial charge in [0, 0.05) is 37.0 Å². The molecule has 0 bridgehead atoms. The van der Waals surface area contributed by atoms with Crippen LogP contribution >= 0.6 is 0 Å². The average molecular weight is 296 g/mol. The van der Waals surface area contributed by atoms with Gasteiger partial charge in [-0.15, -0.1) is 0 Å². The third kappa shape index (κ3) is 2.70. The average Bonchev–Trinajstić information content (AvgIpc) is 3.18. The minimum Gasteiger partial charge on any atom is -0.394 e. The third-order valence-electron chi connectivity index (χ3n) is 4.81. The standard InChI is InChI=1S/C18H24N4/c1-3-15-11-21-18(22-15)13-5-7-16-12(8-13)4-6-17(16)14(9-19)10-20-2/h5,7,9-10,13,17,19-20H,3-4,6,8,11H2,1-2H3/b14-10+,19-9?. The molecule has 2 atom stereocenters. The van der Waals surface area contributed by atoms with Crippen LogP contribution in [0.25, 0.3) is 0 Å². The van der Waals surface area contributed by atoms with Gasteiger partial charge in [0.1, 0.15) is 5.84 Å². The van der Waals surface area contributed by atoms with Gasteiger partial charge >= 0.3 is 0 Å². The molecule has 0 fully saturated rings. The summed E-state index contributed by atoms with van der Waals surface area (Å²) in [6, 6.07) is 0. The summed E-state index contributed by atoms with van der Waals surface area (Å²) in [4.78, 5) is 9.29. The van der Waals surface area contributed by atoms with Crippen molar-refractivity contribution < 1.29 is 0 Å². The summed E-state index contributed by atoms with van der Waals surface area (Å²) in [5, 5.41) is 10.7. The topological polar surface area (TPSA) is 60.6 Å². The lowest BCUT2D eigenvalue weighted by Crippen LogP contribution is -2.14. The Morgan fingerprint density at radius 3 is 3.05 bits per heavy atom. The van der Waals surface area contributed by atoms with Crippen molar-refractivity contribution in [3.8, 4) is 0 Å². The van der Waals surface area contributed by atoms with Gasteiger partial charge in [-0.1, -0.05) is 24.6 Å². The van der Waals surface area contributed by atoms with Gasteiger partial charge in [0.25, 0.3) is 0 Å².